The third-order valence-electron chi connectivity index (χ3n) is 2.66. The van der Waals surface area contributed by atoms with Crippen molar-refractivity contribution >= 4 is 8.32 Å². The van der Waals surface area contributed by atoms with E-state index < -0.39 is 8.32 Å². The van der Waals surface area contributed by atoms with Crippen LogP contribution in [0.25, 0.3) is 0 Å². The summed E-state index contributed by atoms with van der Waals surface area (Å²) < 4.78 is 11.7. The van der Waals surface area contributed by atoms with Crippen LogP contribution in [0.4, 0.5) is 0 Å². The van der Waals surface area contributed by atoms with Gasteiger partial charge in [-0.2, -0.15) is 0 Å². The van der Waals surface area contributed by atoms with Gasteiger partial charge in [0.2, 0.25) is 8.32 Å². The summed E-state index contributed by atoms with van der Waals surface area (Å²) in [6.07, 6.45) is 2.05. The molecule has 0 aromatic heterocycles. The molecule has 0 radical (unpaired) electrons. The third kappa shape index (κ3) is 7.85. The fraction of sp³-hybridized carbons (Fsp3) is 0.500. The number of ether oxygens (including phenoxy) is 1. The van der Waals surface area contributed by atoms with Crippen LogP contribution in [-0.2, 0) is 15.8 Å². The average Bonchev–Trinajstić information content (AvgIpc) is 2.33. The van der Waals surface area contributed by atoms with Crippen LogP contribution in [0.2, 0.25) is 19.6 Å². The lowest BCUT2D eigenvalue weighted by molar-refractivity contribution is 0.0463. The molecule has 0 aliphatic heterocycles. The predicted molar refractivity (Wildman–Crippen MR) is 83.5 cm³/mol. The molecule has 1 aromatic rings. The lowest BCUT2D eigenvalue weighted by Crippen LogP contribution is -2.24. The fourth-order valence-corrected chi connectivity index (χ4v) is 2.71. The van der Waals surface area contributed by atoms with E-state index in [-0.39, 0.29) is 6.10 Å². The first-order valence-electron chi connectivity index (χ1n) is 6.89. The van der Waals surface area contributed by atoms with Crippen LogP contribution < -0.4 is 0 Å². The van der Waals surface area contributed by atoms with Gasteiger partial charge in [-0.1, -0.05) is 36.9 Å². The Morgan fingerprint density at radius 3 is 2.42 bits per heavy atom. The van der Waals surface area contributed by atoms with Gasteiger partial charge in [0, 0.05) is 6.42 Å². The van der Waals surface area contributed by atoms with Crippen molar-refractivity contribution in [1.29, 1.82) is 0 Å². The molecule has 19 heavy (non-hydrogen) atoms. The Morgan fingerprint density at radius 2 is 1.84 bits per heavy atom. The van der Waals surface area contributed by atoms with Gasteiger partial charge in [-0.3, -0.25) is 0 Å². The van der Waals surface area contributed by atoms with Crippen LogP contribution in [0.15, 0.2) is 42.7 Å². The van der Waals surface area contributed by atoms with Crippen LogP contribution in [0.1, 0.15) is 25.3 Å². The van der Waals surface area contributed by atoms with Crippen molar-refractivity contribution in [2.45, 2.75) is 52.1 Å². The number of allylic oxidation sites excluding steroid dienone is 1. The van der Waals surface area contributed by atoms with Gasteiger partial charge in [-0.15, -0.1) is 0 Å². The molecule has 2 nitrogen and oxygen atoms in total. The van der Waals surface area contributed by atoms with Crippen LogP contribution in [0, 0.1) is 0 Å². The molecule has 0 fully saturated rings. The number of rotatable bonds is 8. The summed E-state index contributed by atoms with van der Waals surface area (Å²) in [5.74, 6) is 0.898. The molecule has 0 saturated heterocycles. The van der Waals surface area contributed by atoms with Gasteiger partial charge in [0.1, 0.15) is 0 Å². The predicted octanol–water partition coefficient (Wildman–Crippen LogP) is 4.74. The molecule has 0 saturated carbocycles. The second kappa shape index (κ2) is 7.51. The first-order chi connectivity index (χ1) is 8.87. The Morgan fingerprint density at radius 1 is 1.21 bits per heavy atom. The van der Waals surface area contributed by atoms with Gasteiger partial charge in [-0.05, 0) is 38.5 Å². The molecule has 0 bridgehead atoms. The molecule has 0 amide bonds. The lowest BCUT2D eigenvalue weighted by Gasteiger charge is -2.22. The fourth-order valence-electron chi connectivity index (χ4n) is 1.74. The van der Waals surface area contributed by atoms with E-state index >= 15 is 0 Å². The SMILES string of the molecule is C=C(CC[C@@H](C)OCc1ccccc1)O[Si](C)(C)C. The van der Waals surface area contributed by atoms with Crippen LogP contribution in [0.5, 0.6) is 0 Å². The summed E-state index contributed by atoms with van der Waals surface area (Å²) in [6.45, 7) is 13.3. The van der Waals surface area contributed by atoms with E-state index in [1.165, 1.54) is 5.56 Å². The molecule has 0 unspecified atom stereocenters. The quantitative estimate of drug-likeness (QED) is 0.505. The van der Waals surface area contributed by atoms with Gasteiger partial charge in [-0.25, -0.2) is 0 Å². The molecule has 106 valence electrons. The van der Waals surface area contributed by atoms with E-state index in [2.05, 4.69) is 45.3 Å². The van der Waals surface area contributed by atoms with E-state index in [1.807, 2.05) is 18.2 Å². The first-order valence-corrected chi connectivity index (χ1v) is 10.3. The largest absolute Gasteiger partial charge is 0.548 e. The molecule has 0 N–H and O–H groups in total. The van der Waals surface area contributed by atoms with Crippen molar-refractivity contribution < 1.29 is 9.16 Å². The Labute approximate surface area is 118 Å². The highest BCUT2D eigenvalue weighted by atomic mass is 28.4. The highest BCUT2D eigenvalue weighted by Crippen LogP contribution is 2.16. The molecule has 0 spiro atoms. The minimum absolute atomic E-state index is 0.224. The Kier molecular flexibility index (Phi) is 6.32. The van der Waals surface area contributed by atoms with E-state index in [4.69, 9.17) is 9.16 Å². The average molecular weight is 278 g/mol. The van der Waals surface area contributed by atoms with E-state index in [9.17, 15) is 0 Å². The second-order valence-corrected chi connectivity index (χ2v) is 10.3. The molecular formula is C16H26O2Si. The van der Waals surface area contributed by atoms with Gasteiger partial charge in [0.15, 0.2) is 0 Å². The van der Waals surface area contributed by atoms with Crippen molar-refractivity contribution in [3.8, 4) is 0 Å². The van der Waals surface area contributed by atoms with Gasteiger partial charge in [0.25, 0.3) is 0 Å². The summed E-state index contributed by atoms with van der Waals surface area (Å²) in [5.41, 5.74) is 1.21. The minimum Gasteiger partial charge on any atom is -0.548 e. The molecule has 0 heterocycles. The monoisotopic (exact) mass is 278 g/mol. The summed E-state index contributed by atoms with van der Waals surface area (Å²) in [5, 5.41) is 0. The van der Waals surface area contributed by atoms with Crippen LogP contribution in [0.3, 0.4) is 0 Å². The number of hydrogen-bond donors (Lipinski definition) is 0. The van der Waals surface area contributed by atoms with E-state index in [0.717, 1.165) is 18.6 Å². The maximum atomic E-state index is 5.84. The Hall–Kier alpha value is -1.06. The highest BCUT2D eigenvalue weighted by molar-refractivity contribution is 6.70. The summed E-state index contributed by atoms with van der Waals surface area (Å²) in [6, 6.07) is 10.3. The van der Waals surface area contributed by atoms with E-state index in [0.29, 0.717) is 6.61 Å². The van der Waals surface area contributed by atoms with Crippen molar-refractivity contribution in [3.05, 3.63) is 48.2 Å². The first kappa shape index (κ1) is 16.0. The molecule has 1 atom stereocenters. The Balaban J connectivity index is 2.21. The van der Waals surface area contributed by atoms with Crippen LogP contribution in [-0.4, -0.2) is 14.4 Å². The molecular weight excluding hydrogens is 252 g/mol. The zero-order valence-electron chi connectivity index (χ0n) is 12.6. The van der Waals surface area contributed by atoms with Gasteiger partial charge < -0.3 is 9.16 Å². The number of benzene rings is 1. The molecule has 1 aromatic carbocycles. The summed E-state index contributed by atoms with van der Waals surface area (Å²) in [4.78, 5) is 0. The molecule has 0 aliphatic rings. The normalized spacial score (nSPS) is 13.1. The van der Waals surface area contributed by atoms with Crippen molar-refractivity contribution in [2.75, 3.05) is 0 Å². The maximum absolute atomic E-state index is 5.84. The third-order valence-corrected chi connectivity index (χ3v) is 3.56. The minimum atomic E-state index is -1.50. The molecule has 1 rings (SSSR count). The van der Waals surface area contributed by atoms with Crippen molar-refractivity contribution in [3.63, 3.8) is 0 Å². The summed E-state index contributed by atoms with van der Waals surface area (Å²) >= 11 is 0. The Bertz CT molecular complexity index is 381. The molecule has 0 aliphatic carbocycles. The zero-order valence-corrected chi connectivity index (χ0v) is 13.6. The maximum Gasteiger partial charge on any atom is 0.241 e. The van der Waals surface area contributed by atoms with Crippen molar-refractivity contribution in [1.82, 2.24) is 0 Å². The second-order valence-electron chi connectivity index (χ2n) is 5.90. The molecule has 3 heteroatoms. The highest BCUT2D eigenvalue weighted by Gasteiger charge is 2.17. The smallest absolute Gasteiger partial charge is 0.241 e. The van der Waals surface area contributed by atoms with Gasteiger partial charge >= 0.3 is 0 Å². The number of hydrogen-bond acceptors (Lipinski definition) is 2. The summed E-state index contributed by atoms with van der Waals surface area (Å²) in [7, 11) is -1.50. The topological polar surface area (TPSA) is 18.5 Å². The van der Waals surface area contributed by atoms with E-state index in [1.54, 1.807) is 0 Å². The van der Waals surface area contributed by atoms with Crippen molar-refractivity contribution in [2.24, 2.45) is 0 Å². The van der Waals surface area contributed by atoms with Gasteiger partial charge in [0.05, 0.1) is 18.5 Å². The van der Waals surface area contributed by atoms with Crippen LogP contribution >= 0.6 is 0 Å². The standard InChI is InChI=1S/C16H26O2Si/c1-14(11-12-15(2)18-19(3,4)5)17-13-16-9-7-6-8-10-16/h6-10,14H,2,11-13H2,1,3-5H3/t14-/m1/s1. The zero-order chi connectivity index (χ0) is 14.3. The lowest BCUT2D eigenvalue weighted by atomic mass is 10.2.